The van der Waals surface area contributed by atoms with E-state index in [2.05, 4.69) is 29.5 Å². The molecule has 1 unspecified atom stereocenters. The van der Waals surface area contributed by atoms with Gasteiger partial charge in [0.05, 0.1) is 6.42 Å². The zero-order chi connectivity index (χ0) is 16.1. The van der Waals surface area contributed by atoms with Gasteiger partial charge in [0, 0.05) is 11.9 Å². The zero-order valence-electron chi connectivity index (χ0n) is 13.2. The Bertz CT molecular complexity index is 780. The quantitative estimate of drug-likeness (QED) is 0.755. The fourth-order valence-electron chi connectivity index (χ4n) is 2.66. The third kappa shape index (κ3) is 3.77. The summed E-state index contributed by atoms with van der Waals surface area (Å²) < 4.78 is 5.22. The highest BCUT2D eigenvalue weighted by molar-refractivity contribution is 5.86. The summed E-state index contributed by atoms with van der Waals surface area (Å²) >= 11 is 0. The summed E-state index contributed by atoms with van der Waals surface area (Å²) in [6, 6.07) is 17.9. The monoisotopic (exact) mass is 308 g/mol. The average molecular weight is 308 g/mol. The minimum atomic E-state index is -0.0238. The van der Waals surface area contributed by atoms with Crippen LogP contribution < -0.4 is 5.32 Å². The first-order chi connectivity index (χ1) is 11.2. The minimum absolute atomic E-state index is 0.0238. The Morgan fingerprint density at radius 2 is 1.87 bits per heavy atom. The van der Waals surface area contributed by atoms with E-state index < -0.39 is 0 Å². The highest BCUT2D eigenvalue weighted by Crippen LogP contribution is 2.19. The van der Waals surface area contributed by atoms with Gasteiger partial charge in [-0.05, 0) is 30.0 Å². The van der Waals surface area contributed by atoms with E-state index in [0.717, 1.165) is 11.8 Å². The highest BCUT2D eigenvalue weighted by Gasteiger charge is 2.12. The molecular formula is C19H20N2O2. The Balaban J connectivity index is 1.50. The smallest absolute Gasteiger partial charge is 0.226 e. The van der Waals surface area contributed by atoms with Gasteiger partial charge in [0.15, 0.2) is 5.58 Å². The molecule has 1 aromatic heterocycles. The maximum atomic E-state index is 12.1. The lowest BCUT2D eigenvalue weighted by atomic mass is 9.98. The molecule has 0 aliphatic carbocycles. The van der Waals surface area contributed by atoms with Crippen molar-refractivity contribution in [2.45, 2.75) is 25.7 Å². The zero-order valence-corrected chi connectivity index (χ0v) is 13.2. The van der Waals surface area contributed by atoms with Crippen molar-refractivity contribution >= 4 is 16.9 Å². The fourth-order valence-corrected chi connectivity index (χ4v) is 2.66. The lowest BCUT2D eigenvalue weighted by Crippen LogP contribution is -2.27. The van der Waals surface area contributed by atoms with Crippen LogP contribution in [0.3, 0.4) is 0 Å². The summed E-state index contributed by atoms with van der Waals surface area (Å²) in [5.74, 6) is 0.397. The molecule has 0 radical (unpaired) electrons. The number of nitrogens with zero attached hydrogens (tertiary/aromatic N) is 1. The van der Waals surface area contributed by atoms with E-state index >= 15 is 0 Å². The van der Waals surface area contributed by atoms with Crippen LogP contribution in [0.4, 0.5) is 0 Å². The molecule has 1 heterocycles. The molecule has 0 fully saturated rings. The first-order valence-corrected chi connectivity index (χ1v) is 7.89. The van der Waals surface area contributed by atoms with Crippen LogP contribution in [0, 0.1) is 0 Å². The molecule has 118 valence electrons. The summed E-state index contributed by atoms with van der Waals surface area (Å²) in [4.78, 5) is 12.1. The molecule has 0 saturated heterocycles. The number of hydrogen-bond donors (Lipinski definition) is 1. The van der Waals surface area contributed by atoms with Crippen LogP contribution in [0.1, 0.15) is 30.5 Å². The molecule has 0 spiro atoms. The molecule has 0 saturated carbocycles. The summed E-state index contributed by atoms with van der Waals surface area (Å²) in [5, 5.41) is 7.86. The van der Waals surface area contributed by atoms with Gasteiger partial charge in [-0.15, -0.1) is 0 Å². The van der Waals surface area contributed by atoms with Crippen molar-refractivity contribution in [2.75, 3.05) is 6.54 Å². The molecular weight excluding hydrogens is 288 g/mol. The molecule has 2 aromatic carbocycles. The molecule has 4 heteroatoms. The predicted molar refractivity (Wildman–Crippen MR) is 90.2 cm³/mol. The van der Waals surface area contributed by atoms with Gasteiger partial charge in [-0.25, -0.2) is 0 Å². The summed E-state index contributed by atoms with van der Waals surface area (Å²) in [7, 11) is 0. The van der Waals surface area contributed by atoms with Gasteiger partial charge >= 0.3 is 0 Å². The van der Waals surface area contributed by atoms with Crippen LogP contribution in [0.15, 0.2) is 59.1 Å². The van der Waals surface area contributed by atoms with Crippen LogP contribution in [0.2, 0.25) is 0 Å². The lowest BCUT2D eigenvalue weighted by molar-refractivity contribution is -0.120. The fraction of sp³-hybridized carbons (Fsp3) is 0.263. The third-order valence-electron chi connectivity index (χ3n) is 4.05. The number of benzene rings is 2. The van der Waals surface area contributed by atoms with E-state index in [4.69, 9.17) is 4.52 Å². The van der Waals surface area contributed by atoms with Gasteiger partial charge in [0.2, 0.25) is 5.91 Å². The van der Waals surface area contributed by atoms with E-state index in [1.54, 1.807) is 0 Å². The molecule has 3 rings (SSSR count). The maximum absolute atomic E-state index is 12.1. The van der Waals surface area contributed by atoms with E-state index in [0.29, 0.717) is 23.7 Å². The molecule has 4 nitrogen and oxygen atoms in total. The van der Waals surface area contributed by atoms with Crippen LogP contribution in [0.5, 0.6) is 0 Å². The van der Waals surface area contributed by atoms with E-state index in [9.17, 15) is 4.79 Å². The van der Waals surface area contributed by atoms with Gasteiger partial charge < -0.3 is 9.84 Å². The highest BCUT2D eigenvalue weighted by atomic mass is 16.5. The van der Waals surface area contributed by atoms with Crippen molar-refractivity contribution in [3.8, 4) is 0 Å². The first-order valence-electron chi connectivity index (χ1n) is 7.89. The van der Waals surface area contributed by atoms with E-state index in [1.165, 1.54) is 5.56 Å². The molecule has 23 heavy (non-hydrogen) atoms. The minimum Gasteiger partial charge on any atom is -0.356 e. The summed E-state index contributed by atoms with van der Waals surface area (Å²) in [6.07, 6.45) is 1.16. The number of nitrogens with one attached hydrogen (secondary N) is 1. The van der Waals surface area contributed by atoms with Crippen LogP contribution in [0.25, 0.3) is 11.0 Å². The van der Waals surface area contributed by atoms with Crippen molar-refractivity contribution < 1.29 is 9.32 Å². The Kier molecular flexibility index (Phi) is 4.71. The lowest BCUT2D eigenvalue weighted by Gasteiger charge is -2.12. The van der Waals surface area contributed by atoms with E-state index in [-0.39, 0.29) is 12.3 Å². The average Bonchev–Trinajstić information content (AvgIpc) is 2.99. The molecule has 0 bridgehead atoms. The summed E-state index contributed by atoms with van der Waals surface area (Å²) in [6.45, 7) is 2.83. The number of carbonyl (C=O) groups is 1. The van der Waals surface area contributed by atoms with Crippen molar-refractivity contribution in [3.05, 3.63) is 65.9 Å². The van der Waals surface area contributed by atoms with Crippen LogP contribution in [-0.4, -0.2) is 17.6 Å². The Hall–Kier alpha value is -2.62. The molecule has 1 amide bonds. The number of aromatic nitrogens is 1. The van der Waals surface area contributed by atoms with E-state index in [1.807, 2.05) is 42.5 Å². The number of carbonyl (C=O) groups excluding carboxylic acids is 1. The second-order valence-corrected chi connectivity index (χ2v) is 5.75. The Labute approximate surface area is 135 Å². The Morgan fingerprint density at radius 3 is 2.70 bits per heavy atom. The maximum Gasteiger partial charge on any atom is 0.226 e. The summed E-state index contributed by atoms with van der Waals surface area (Å²) in [5.41, 5.74) is 2.70. The van der Waals surface area contributed by atoms with Crippen molar-refractivity contribution in [2.24, 2.45) is 0 Å². The number of hydrogen-bond acceptors (Lipinski definition) is 3. The van der Waals surface area contributed by atoms with Gasteiger partial charge in [-0.2, -0.15) is 0 Å². The second-order valence-electron chi connectivity index (χ2n) is 5.75. The van der Waals surface area contributed by atoms with Crippen LogP contribution in [-0.2, 0) is 11.2 Å². The normalized spacial score (nSPS) is 12.2. The van der Waals surface area contributed by atoms with Gasteiger partial charge in [0.1, 0.15) is 5.69 Å². The standard InChI is InChI=1S/C19H20N2O2/c1-14(15-7-3-2-4-8-15)11-12-20-19(22)13-17-16-9-5-6-10-18(16)23-21-17/h2-10,14H,11-13H2,1H3,(H,20,22). The van der Waals surface area contributed by atoms with Gasteiger partial charge in [-0.1, -0.05) is 54.5 Å². The van der Waals surface area contributed by atoms with Crippen molar-refractivity contribution in [3.63, 3.8) is 0 Å². The number of amides is 1. The molecule has 1 atom stereocenters. The predicted octanol–water partition coefficient (Wildman–Crippen LogP) is 3.68. The number of rotatable bonds is 6. The Morgan fingerprint density at radius 1 is 1.13 bits per heavy atom. The molecule has 0 aliphatic heterocycles. The molecule has 0 aliphatic rings. The van der Waals surface area contributed by atoms with Crippen LogP contribution >= 0.6 is 0 Å². The number of para-hydroxylation sites is 1. The first kappa shape index (κ1) is 15.3. The SMILES string of the molecule is CC(CCNC(=O)Cc1noc2ccccc12)c1ccccc1. The van der Waals surface area contributed by atoms with Gasteiger partial charge in [0.25, 0.3) is 0 Å². The van der Waals surface area contributed by atoms with Gasteiger partial charge in [-0.3, -0.25) is 4.79 Å². The van der Waals surface area contributed by atoms with Crippen molar-refractivity contribution in [1.82, 2.24) is 10.5 Å². The molecule has 1 N–H and O–H groups in total. The largest absolute Gasteiger partial charge is 0.356 e. The van der Waals surface area contributed by atoms with Crippen molar-refractivity contribution in [1.29, 1.82) is 0 Å². The number of fused-ring (bicyclic) bond motifs is 1. The topological polar surface area (TPSA) is 55.1 Å². The third-order valence-corrected chi connectivity index (χ3v) is 4.05. The second kappa shape index (κ2) is 7.09. The molecule has 3 aromatic rings.